The number of thioether (sulfide) groups is 1. The highest BCUT2D eigenvalue weighted by Gasteiger charge is 2.10. The summed E-state index contributed by atoms with van der Waals surface area (Å²) in [6, 6.07) is 6.80. The lowest BCUT2D eigenvalue weighted by atomic mass is 10.1. The van der Waals surface area contributed by atoms with E-state index in [2.05, 4.69) is 10.2 Å². The van der Waals surface area contributed by atoms with Crippen LogP contribution in [0.25, 0.3) is 0 Å². The van der Waals surface area contributed by atoms with Gasteiger partial charge in [-0.3, -0.25) is 4.79 Å². The zero-order valence-corrected chi connectivity index (χ0v) is 11.3. The van der Waals surface area contributed by atoms with Crippen LogP contribution in [0.15, 0.2) is 33.9 Å². The lowest BCUT2D eigenvalue weighted by Crippen LogP contribution is -2.01. The van der Waals surface area contributed by atoms with Gasteiger partial charge in [-0.2, -0.15) is 0 Å². The molecule has 2 rings (SSSR count). The highest BCUT2D eigenvalue weighted by Crippen LogP contribution is 2.18. The van der Waals surface area contributed by atoms with E-state index in [0.717, 1.165) is 0 Å². The summed E-state index contributed by atoms with van der Waals surface area (Å²) in [5, 5.41) is 8.71. The molecule has 0 radical (unpaired) electrons. The van der Waals surface area contributed by atoms with Crippen molar-refractivity contribution >= 4 is 29.1 Å². The Morgan fingerprint density at radius 2 is 2.06 bits per heavy atom. The molecule has 1 aromatic heterocycles. The Morgan fingerprint density at radius 1 is 1.33 bits per heavy atom. The lowest BCUT2D eigenvalue weighted by molar-refractivity contribution is 0.102. The van der Waals surface area contributed by atoms with Crippen molar-refractivity contribution in [2.75, 3.05) is 5.75 Å². The molecule has 0 aliphatic rings. The zero-order chi connectivity index (χ0) is 13.0. The Bertz CT molecular complexity index is 539. The van der Waals surface area contributed by atoms with Gasteiger partial charge in [0.1, 0.15) is 0 Å². The van der Waals surface area contributed by atoms with Crippen LogP contribution >= 0.6 is 23.4 Å². The van der Waals surface area contributed by atoms with E-state index in [-0.39, 0.29) is 11.5 Å². The molecule has 18 heavy (non-hydrogen) atoms. The fourth-order valence-electron chi connectivity index (χ4n) is 1.29. The number of hydrogen-bond acceptors (Lipinski definition) is 5. The van der Waals surface area contributed by atoms with Crippen LogP contribution in [0.5, 0.6) is 0 Å². The van der Waals surface area contributed by atoms with Gasteiger partial charge in [0.15, 0.2) is 5.78 Å². The van der Waals surface area contributed by atoms with E-state index in [9.17, 15) is 4.79 Å². The molecule has 94 valence electrons. The van der Waals surface area contributed by atoms with Gasteiger partial charge in [-0.15, -0.1) is 10.2 Å². The molecule has 4 nitrogen and oxygen atoms in total. The van der Waals surface area contributed by atoms with Gasteiger partial charge in [-0.1, -0.05) is 30.3 Å². The fourth-order valence-corrected chi connectivity index (χ4v) is 2.09. The molecule has 0 fully saturated rings. The predicted octanol–water partition coefficient (Wildman–Crippen LogP) is 3.26. The minimum Gasteiger partial charge on any atom is -0.416 e. The number of carbonyl (C=O) groups is 1. The molecule has 0 bridgehead atoms. The summed E-state index contributed by atoms with van der Waals surface area (Å²) in [6.45, 7) is 1.93. The van der Waals surface area contributed by atoms with Gasteiger partial charge in [0.25, 0.3) is 5.22 Å². The molecule has 0 saturated heterocycles. The van der Waals surface area contributed by atoms with E-state index < -0.39 is 0 Å². The third-order valence-corrected chi connectivity index (χ3v) is 3.31. The molecular weight excluding hydrogens is 272 g/mol. The first-order valence-electron chi connectivity index (χ1n) is 5.43. The molecule has 0 N–H and O–H groups in total. The lowest BCUT2D eigenvalue weighted by Gasteiger charge is -1.98. The maximum atomic E-state index is 11.9. The molecule has 6 heteroatoms. The molecule has 1 aromatic carbocycles. The Labute approximate surface area is 114 Å². The summed E-state index contributed by atoms with van der Waals surface area (Å²) in [4.78, 5) is 11.9. The van der Waals surface area contributed by atoms with Gasteiger partial charge in [0, 0.05) is 17.0 Å². The average molecular weight is 283 g/mol. The molecule has 1 heterocycles. The first kappa shape index (κ1) is 13.1. The Hall–Kier alpha value is -1.33. The third kappa shape index (κ3) is 3.34. The number of carbonyl (C=O) groups excluding carboxylic acids is 1. The summed E-state index contributed by atoms with van der Waals surface area (Å²) < 4.78 is 5.31. The average Bonchev–Trinajstić information content (AvgIpc) is 2.85. The molecular formula is C12H11ClN2O2S. The molecule has 0 spiro atoms. The normalized spacial score (nSPS) is 10.6. The maximum absolute atomic E-state index is 11.9. The molecule has 0 aliphatic carbocycles. The van der Waals surface area contributed by atoms with Crippen LogP contribution in [0, 0.1) is 0 Å². The topological polar surface area (TPSA) is 56.0 Å². The standard InChI is InChI=1S/C12H11ClN2O2S/c1-2-11-14-15-12(17-11)18-7-10(16)8-3-5-9(13)6-4-8/h3-6H,2,7H2,1H3. The summed E-state index contributed by atoms with van der Waals surface area (Å²) in [6.07, 6.45) is 0.693. The Morgan fingerprint density at radius 3 is 2.67 bits per heavy atom. The van der Waals surface area contributed by atoms with Crippen molar-refractivity contribution in [2.45, 2.75) is 18.6 Å². The van der Waals surface area contributed by atoms with Gasteiger partial charge in [-0.25, -0.2) is 0 Å². The molecule has 0 aliphatic heterocycles. The van der Waals surface area contributed by atoms with Gasteiger partial charge in [-0.05, 0) is 24.3 Å². The maximum Gasteiger partial charge on any atom is 0.277 e. The highest BCUT2D eigenvalue weighted by molar-refractivity contribution is 7.99. The molecule has 0 atom stereocenters. The van der Waals surface area contributed by atoms with Crippen LogP contribution in [0.1, 0.15) is 23.2 Å². The van der Waals surface area contributed by atoms with Gasteiger partial charge >= 0.3 is 0 Å². The van der Waals surface area contributed by atoms with Crippen molar-refractivity contribution in [3.8, 4) is 0 Å². The minimum absolute atomic E-state index is 0.00733. The SMILES string of the molecule is CCc1nnc(SCC(=O)c2ccc(Cl)cc2)o1. The smallest absolute Gasteiger partial charge is 0.277 e. The summed E-state index contributed by atoms with van der Waals surface area (Å²) in [5.41, 5.74) is 0.627. The third-order valence-electron chi connectivity index (χ3n) is 2.24. The largest absolute Gasteiger partial charge is 0.416 e. The summed E-state index contributed by atoms with van der Waals surface area (Å²) in [7, 11) is 0. The number of aryl methyl sites for hydroxylation is 1. The number of benzene rings is 1. The van der Waals surface area contributed by atoms with Crippen LogP contribution < -0.4 is 0 Å². The van der Waals surface area contributed by atoms with Crippen LogP contribution in [-0.4, -0.2) is 21.7 Å². The van der Waals surface area contributed by atoms with Crippen molar-refractivity contribution in [1.82, 2.24) is 10.2 Å². The van der Waals surface area contributed by atoms with Crippen LogP contribution in [0.4, 0.5) is 0 Å². The second kappa shape index (κ2) is 6.02. The van der Waals surface area contributed by atoms with Crippen LogP contribution in [-0.2, 0) is 6.42 Å². The number of rotatable bonds is 5. The van der Waals surface area contributed by atoms with Crippen LogP contribution in [0.3, 0.4) is 0 Å². The fraction of sp³-hybridized carbons (Fsp3) is 0.250. The van der Waals surface area contributed by atoms with Gasteiger partial charge < -0.3 is 4.42 Å². The number of nitrogens with zero attached hydrogens (tertiary/aromatic N) is 2. The number of ketones is 1. The van der Waals surface area contributed by atoms with E-state index in [1.54, 1.807) is 24.3 Å². The molecule has 0 amide bonds. The van der Waals surface area contributed by atoms with Crippen molar-refractivity contribution in [3.05, 3.63) is 40.7 Å². The van der Waals surface area contributed by atoms with Crippen LogP contribution in [0.2, 0.25) is 5.02 Å². The monoisotopic (exact) mass is 282 g/mol. The quantitative estimate of drug-likeness (QED) is 0.622. The van der Waals surface area contributed by atoms with E-state index in [1.807, 2.05) is 6.92 Å². The van der Waals surface area contributed by atoms with Crippen molar-refractivity contribution in [3.63, 3.8) is 0 Å². The second-order valence-electron chi connectivity index (χ2n) is 3.53. The van der Waals surface area contributed by atoms with Gasteiger partial charge in [0.05, 0.1) is 5.75 Å². The summed E-state index contributed by atoms with van der Waals surface area (Å²) in [5.74, 6) is 0.858. The van der Waals surface area contributed by atoms with E-state index in [4.69, 9.17) is 16.0 Å². The van der Waals surface area contributed by atoms with E-state index in [1.165, 1.54) is 11.8 Å². The van der Waals surface area contributed by atoms with Crippen molar-refractivity contribution in [1.29, 1.82) is 0 Å². The first-order chi connectivity index (χ1) is 8.69. The highest BCUT2D eigenvalue weighted by atomic mass is 35.5. The zero-order valence-electron chi connectivity index (χ0n) is 9.72. The Balaban J connectivity index is 1.93. The minimum atomic E-state index is 0.00733. The Kier molecular flexibility index (Phi) is 4.38. The van der Waals surface area contributed by atoms with E-state index >= 15 is 0 Å². The number of aromatic nitrogens is 2. The number of Topliss-reactive ketones (excluding diaryl/α,β-unsaturated/α-hetero) is 1. The summed E-state index contributed by atoms with van der Waals surface area (Å²) >= 11 is 7.00. The first-order valence-corrected chi connectivity index (χ1v) is 6.79. The van der Waals surface area contributed by atoms with Crippen molar-refractivity contribution < 1.29 is 9.21 Å². The number of hydrogen-bond donors (Lipinski definition) is 0. The van der Waals surface area contributed by atoms with Gasteiger partial charge in [0.2, 0.25) is 5.89 Å². The molecule has 2 aromatic rings. The predicted molar refractivity (Wildman–Crippen MR) is 70.2 cm³/mol. The van der Waals surface area contributed by atoms with E-state index in [0.29, 0.717) is 28.1 Å². The second-order valence-corrected chi connectivity index (χ2v) is 4.90. The van der Waals surface area contributed by atoms with Crippen molar-refractivity contribution in [2.24, 2.45) is 0 Å². The molecule has 0 saturated carbocycles. The number of halogens is 1. The molecule has 0 unspecified atom stereocenters.